The molecule has 0 aliphatic heterocycles. The van der Waals surface area contributed by atoms with Crippen LogP contribution in [-0.2, 0) is 13.1 Å². The zero-order valence-corrected chi connectivity index (χ0v) is 11.7. The minimum Gasteiger partial charge on any atom is -0.364 e. The van der Waals surface area contributed by atoms with Gasteiger partial charge in [-0.15, -0.1) is 0 Å². The SMILES string of the molecule is CCn1cnc2c(NCc3ccc(C)cc3)ncnc21. The van der Waals surface area contributed by atoms with Gasteiger partial charge < -0.3 is 9.88 Å². The Morgan fingerprint density at radius 3 is 2.65 bits per heavy atom. The summed E-state index contributed by atoms with van der Waals surface area (Å²) in [7, 11) is 0. The number of aryl methyl sites for hydroxylation is 2. The van der Waals surface area contributed by atoms with E-state index < -0.39 is 0 Å². The molecule has 0 fully saturated rings. The Morgan fingerprint density at radius 2 is 1.90 bits per heavy atom. The highest BCUT2D eigenvalue weighted by Crippen LogP contribution is 2.18. The molecule has 0 radical (unpaired) electrons. The van der Waals surface area contributed by atoms with Crippen LogP contribution in [0.3, 0.4) is 0 Å². The number of fused-ring (bicyclic) bond motifs is 1. The van der Waals surface area contributed by atoms with Crippen molar-refractivity contribution in [1.29, 1.82) is 0 Å². The molecule has 0 atom stereocenters. The van der Waals surface area contributed by atoms with E-state index in [0.29, 0.717) is 0 Å². The molecule has 2 aromatic heterocycles. The standard InChI is InChI=1S/C15H17N5/c1-3-20-10-19-13-14(17-9-18-15(13)20)16-8-12-6-4-11(2)5-7-12/h4-7,9-10H,3,8H2,1-2H3,(H,16,17,18). The molecule has 3 rings (SSSR count). The van der Waals surface area contributed by atoms with Gasteiger partial charge >= 0.3 is 0 Å². The maximum absolute atomic E-state index is 4.39. The van der Waals surface area contributed by atoms with Crippen LogP contribution < -0.4 is 5.32 Å². The van der Waals surface area contributed by atoms with Crippen molar-refractivity contribution in [3.05, 3.63) is 48.0 Å². The predicted molar refractivity (Wildman–Crippen MR) is 79.5 cm³/mol. The van der Waals surface area contributed by atoms with Gasteiger partial charge in [0, 0.05) is 13.1 Å². The molecule has 0 bridgehead atoms. The Labute approximate surface area is 117 Å². The second kappa shape index (κ2) is 5.28. The summed E-state index contributed by atoms with van der Waals surface area (Å²) in [4.78, 5) is 13.0. The number of rotatable bonds is 4. The molecule has 102 valence electrons. The summed E-state index contributed by atoms with van der Waals surface area (Å²) in [6, 6.07) is 8.45. The number of benzene rings is 1. The van der Waals surface area contributed by atoms with E-state index >= 15 is 0 Å². The number of hydrogen-bond acceptors (Lipinski definition) is 4. The molecule has 2 heterocycles. The Hall–Kier alpha value is -2.43. The van der Waals surface area contributed by atoms with Crippen LogP contribution >= 0.6 is 0 Å². The van der Waals surface area contributed by atoms with Crippen molar-refractivity contribution >= 4 is 17.0 Å². The summed E-state index contributed by atoms with van der Waals surface area (Å²) >= 11 is 0. The van der Waals surface area contributed by atoms with Crippen LogP contribution in [0.15, 0.2) is 36.9 Å². The van der Waals surface area contributed by atoms with E-state index in [-0.39, 0.29) is 0 Å². The van der Waals surface area contributed by atoms with Crippen molar-refractivity contribution in [2.45, 2.75) is 26.9 Å². The highest BCUT2D eigenvalue weighted by atomic mass is 15.1. The third kappa shape index (κ3) is 2.34. The Balaban J connectivity index is 1.84. The predicted octanol–water partition coefficient (Wildman–Crippen LogP) is 2.77. The third-order valence-electron chi connectivity index (χ3n) is 3.32. The van der Waals surface area contributed by atoms with Crippen LogP contribution in [-0.4, -0.2) is 19.5 Å². The van der Waals surface area contributed by atoms with Crippen molar-refractivity contribution in [1.82, 2.24) is 19.5 Å². The number of anilines is 1. The fourth-order valence-corrected chi connectivity index (χ4v) is 2.13. The molecule has 3 aromatic rings. The summed E-state index contributed by atoms with van der Waals surface area (Å²) in [5.41, 5.74) is 4.17. The van der Waals surface area contributed by atoms with Gasteiger partial charge in [0.15, 0.2) is 11.5 Å². The average Bonchev–Trinajstić information content (AvgIpc) is 2.90. The topological polar surface area (TPSA) is 55.6 Å². The summed E-state index contributed by atoms with van der Waals surface area (Å²) in [6.07, 6.45) is 3.38. The fraction of sp³-hybridized carbons (Fsp3) is 0.267. The van der Waals surface area contributed by atoms with Crippen molar-refractivity contribution in [3.63, 3.8) is 0 Å². The maximum atomic E-state index is 4.39. The maximum Gasteiger partial charge on any atom is 0.165 e. The van der Waals surface area contributed by atoms with E-state index in [2.05, 4.69) is 58.4 Å². The molecule has 0 amide bonds. The van der Waals surface area contributed by atoms with Crippen LogP contribution in [0.4, 0.5) is 5.82 Å². The minimum atomic E-state index is 0.728. The molecule has 1 N–H and O–H groups in total. The second-order valence-corrected chi connectivity index (χ2v) is 4.76. The molecular weight excluding hydrogens is 250 g/mol. The van der Waals surface area contributed by atoms with E-state index in [1.807, 2.05) is 4.57 Å². The van der Waals surface area contributed by atoms with Crippen molar-refractivity contribution in [2.24, 2.45) is 0 Å². The summed E-state index contributed by atoms with van der Waals surface area (Å²) in [6.45, 7) is 5.74. The Bertz CT molecular complexity index is 715. The van der Waals surface area contributed by atoms with Crippen molar-refractivity contribution < 1.29 is 0 Å². The van der Waals surface area contributed by atoms with Gasteiger partial charge in [0.05, 0.1) is 6.33 Å². The van der Waals surface area contributed by atoms with E-state index in [1.54, 1.807) is 12.7 Å². The molecule has 5 nitrogen and oxygen atoms in total. The van der Waals surface area contributed by atoms with Crippen LogP contribution in [0.1, 0.15) is 18.1 Å². The summed E-state index contributed by atoms with van der Waals surface area (Å²) in [5.74, 6) is 0.780. The van der Waals surface area contributed by atoms with Gasteiger partial charge in [-0.3, -0.25) is 0 Å². The molecule has 0 aliphatic carbocycles. The van der Waals surface area contributed by atoms with E-state index in [0.717, 1.165) is 30.1 Å². The van der Waals surface area contributed by atoms with Gasteiger partial charge in [0.1, 0.15) is 11.8 Å². The first kappa shape index (κ1) is 12.6. The molecule has 0 aliphatic rings. The molecule has 0 saturated carbocycles. The van der Waals surface area contributed by atoms with E-state index in [1.165, 1.54) is 11.1 Å². The zero-order valence-electron chi connectivity index (χ0n) is 11.7. The molecule has 0 saturated heterocycles. The smallest absolute Gasteiger partial charge is 0.165 e. The van der Waals surface area contributed by atoms with Crippen molar-refractivity contribution in [3.8, 4) is 0 Å². The first-order valence-electron chi connectivity index (χ1n) is 6.73. The monoisotopic (exact) mass is 267 g/mol. The quantitative estimate of drug-likeness (QED) is 0.789. The lowest BCUT2D eigenvalue weighted by molar-refractivity contribution is 0.777. The lowest BCUT2D eigenvalue weighted by Crippen LogP contribution is -2.03. The molecule has 5 heteroatoms. The highest BCUT2D eigenvalue weighted by Gasteiger charge is 2.08. The molecule has 1 aromatic carbocycles. The number of nitrogens with zero attached hydrogens (tertiary/aromatic N) is 4. The van der Waals surface area contributed by atoms with Gasteiger partial charge in [-0.25, -0.2) is 15.0 Å². The Kier molecular flexibility index (Phi) is 3.33. The van der Waals surface area contributed by atoms with Gasteiger partial charge in [-0.1, -0.05) is 29.8 Å². The van der Waals surface area contributed by atoms with Crippen LogP contribution in [0.5, 0.6) is 0 Å². The first-order valence-corrected chi connectivity index (χ1v) is 6.73. The summed E-state index contributed by atoms with van der Waals surface area (Å²) < 4.78 is 2.01. The van der Waals surface area contributed by atoms with E-state index in [4.69, 9.17) is 0 Å². The molecule has 20 heavy (non-hydrogen) atoms. The first-order chi connectivity index (χ1) is 9.78. The molecule has 0 unspecified atom stereocenters. The van der Waals surface area contributed by atoms with Crippen molar-refractivity contribution in [2.75, 3.05) is 5.32 Å². The van der Waals surface area contributed by atoms with Gasteiger partial charge in [0.25, 0.3) is 0 Å². The zero-order chi connectivity index (χ0) is 13.9. The van der Waals surface area contributed by atoms with E-state index in [9.17, 15) is 0 Å². The average molecular weight is 267 g/mol. The minimum absolute atomic E-state index is 0.728. The number of nitrogens with one attached hydrogen (secondary N) is 1. The van der Waals surface area contributed by atoms with Crippen LogP contribution in [0.2, 0.25) is 0 Å². The third-order valence-corrected chi connectivity index (χ3v) is 3.32. The highest BCUT2D eigenvalue weighted by molar-refractivity contribution is 5.82. The summed E-state index contributed by atoms with van der Waals surface area (Å²) in [5, 5.41) is 3.33. The molecular formula is C15H17N5. The second-order valence-electron chi connectivity index (χ2n) is 4.76. The van der Waals surface area contributed by atoms with Gasteiger partial charge in [0.2, 0.25) is 0 Å². The largest absolute Gasteiger partial charge is 0.364 e. The lowest BCUT2D eigenvalue weighted by Gasteiger charge is -2.06. The normalized spacial score (nSPS) is 10.9. The fourth-order valence-electron chi connectivity index (χ4n) is 2.13. The van der Waals surface area contributed by atoms with Gasteiger partial charge in [-0.2, -0.15) is 0 Å². The number of hydrogen-bond donors (Lipinski definition) is 1. The Morgan fingerprint density at radius 1 is 1.10 bits per heavy atom. The number of imidazole rings is 1. The van der Waals surface area contributed by atoms with Gasteiger partial charge in [-0.05, 0) is 19.4 Å². The molecule has 0 spiro atoms. The number of aromatic nitrogens is 4. The van der Waals surface area contributed by atoms with Crippen LogP contribution in [0, 0.1) is 6.92 Å². The lowest BCUT2D eigenvalue weighted by atomic mass is 10.1. The van der Waals surface area contributed by atoms with Crippen LogP contribution in [0.25, 0.3) is 11.2 Å².